The molecule has 3 aromatic carbocycles. The zero-order chi connectivity index (χ0) is 30.5. The molecular formula is C35H35NO7. The number of dihydropyridines is 1. The fourth-order valence-electron chi connectivity index (χ4n) is 5.90. The fourth-order valence-corrected chi connectivity index (χ4v) is 5.90. The molecule has 0 saturated carbocycles. The summed E-state index contributed by atoms with van der Waals surface area (Å²) in [6.07, 6.45) is 0.362. The molecule has 43 heavy (non-hydrogen) atoms. The van der Waals surface area contributed by atoms with Crippen molar-refractivity contribution in [2.45, 2.75) is 39.0 Å². The number of ketones is 1. The topological polar surface area (TPSA) is 100 Å². The second-order valence-corrected chi connectivity index (χ2v) is 10.4. The molecule has 3 aromatic rings. The third-order valence-corrected chi connectivity index (χ3v) is 7.77. The lowest BCUT2D eigenvalue weighted by Gasteiger charge is -2.39. The van der Waals surface area contributed by atoms with Crippen LogP contribution in [0.3, 0.4) is 0 Å². The lowest BCUT2D eigenvalue weighted by molar-refractivity contribution is -0.152. The molecule has 0 amide bonds. The van der Waals surface area contributed by atoms with Crippen molar-refractivity contribution in [1.82, 2.24) is 5.32 Å². The highest BCUT2D eigenvalue weighted by molar-refractivity contribution is 6.13. The maximum Gasteiger partial charge on any atom is 0.336 e. The van der Waals surface area contributed by atoms with Gasteiger partial charge >= 0.3 is 11.9 Å². The van der Waals surface area contributed by atoms with E-state index in [0.29, 0.717) is 51.8 Å². The van der Waals surface area contributed by atoms with Crippen LogP contribution in [0.15, 0.2) is 101 Å². The van der Waals surface area contributed by atoms with Gasteiger partial charge in [0.2, 0.25) is 0 Å². The Labute approximate surface area is 251 Å². The summed E-state index contributed by atoms with van der Waals surface area (Å²) in [6, 6.07) is 24.0. The minimum Gasteiger partial charge on any atom is -0.497 e. The van der Waals surface area contributed by atoms with Crippen LogP contribution in [0.25, 0.3) is 0 Å². The van der Waals surface area contributed by atoms with Crippen molar-refractivity contribution in [3.8, 4) is 17.2 Å². The molecule has 0 aromatic heterocycles. The normalized spacial score (nSPS) is 19.7. The van der Waals surface area contributed by atoms with Crippen LogP contribution < -0.4 is 14.8 Å². The standard InChI is InChI=1S/C35H35NO7/c1-5-41-34(38)29-21(3)36-28-20-27(22-15-17-24(40-4)18-16-22)31(35(39)42-6-2)33(37)32(28)30(29)23-11-10-14-26(19-23)43-25-12-8-7-9-13-25/h7-19,27,30-31,36H,5-6,20H2,1-4H3/t27-,30-,31+/m0/s1. The monoisotopic (exact) mass is 581 g/mol. The zero-order valence-electron chi connectivity index (χ0n) is 24.7. The van der Waals surface area contributed by atoms with Crippen LogP contribution >= 0.6 is 0 Å². The number of esters is 2. The fraction of sp³-hybridized carbons (Fsp3) is 0.286. The molecule has 0 radical (unpaired) electrons. The molecule has 1 aliphatic heterocycles. The van der Waals surface area contributed by atoms with Crippen molar-refractivity contribution in [3.63, 3.8) is 0 Å². The number of carbonyl (C=O) groups is 3. The molecule has 8 nitrogen and oxygen atoms in total. The lowest BCUT2D eigenvalue weighted by Crippen LogP contribution is -2.43. The minimum absolute atomic E-state index is 0.136. The third kappa shape index (κ3) is 6.04. The van der Waals surface area contributed by atoms with Crippen LogP contribution in [0, 0.1) is 5.92 Å². The van der Waals surface area contributed by atoms with Gasteiger partial charge in [-0.05, 0) is 74.7 Å². The van der Waals surface area contributed by atoms with E-state index in [0.717, 1.165) is 5.56 Å². The highest BCUT2D eigenvalue weighted by atomic mass is 16.5. The molecule has 0 bridgehead atoms. The first-order valence-electron chi connectivity index (χ1n) is 14.4. The van der Waals surface area contributed by atoms with E-state index in [1.54, 1.807) is 27.9 Å². The van der Waals surface area contributed by atoms with E-state index < -0.39 is 29.7 Å². The van der Waals surface area contributed by atoms with Gasteiger partial charge in [-0.25, -0.2) is 4.79 Å². The number of hydrogen-bond donors (Lipinski definition) is 1. The van der Waals surface area contributed by atoms with E-state index in [1.165, 1.54) is 0 Å². The quantitative estimate of drug-likeness (QED) is 0.236. The largest absolute Gasteiger partial charge is 0.497 e. The van der Waals surface area contributed by atoms with Crippen LogP contribution in [0.1, 0.15) is 50.2 Å². The van der Waals surface area contributed by atoms with Crippen LogP contribution in [0.5, 0.6) is 17.2 Å². The number of methoxy groups -OCH3 is 1. The number of allylic oxidation sites excluding steroid dienone is 3. The van der Waals surface area contributed by atoms with Gasteiger partial charge in [0.25, 0.3) is 0 Å². The Bertz CT molecular complexity index is 1570. The lowest BCUT2D eigenvalue weighted by atomic mass is 9.67. The second-order valence-electron chi connectivity index (χ2n) is 10.4. The third-order valence-electron chi connectivity index (χ3n) is 7.77. The Kier molecular flexibility index (Phi) is 8.95. The van der Waals surface area contributed by atoms with Crippen molar-refractivity contribution in [1.29, 1.82) is 0 Å². The Balaban J connectivity index is 1.64. The summed E-state index contributed by atoms with van der Waals surface area (Å²) in [6.45, 7) is 5.56. The summed E-state index contributed by atoms with van der Waals surface area (Å²) in [5.74, 6) is -1.99. The van der Waals surface area contributed by atoms with Crippen LogP contribution in [-0.4, -0.2) is 38.0 Å². The molecule has 5 rings (SSSR count). The number of nitrogens with one attached hydrogen (secondary N) is 1. The Morgan fingerprint density at radius 3 is 2.21 bits per heavy atom. The predicted molar refractivity (Wildman–Crippen MR) is 161 cm³/mol. The summed E-state index contributed by atoms with van der Waals surface area (Å²) in [4.78, 5) is 41.4. The molecule has 2 aliphatic rings. The number of benzene rings is 3. The van der Waals surface area contributed by atoms with Gasteiger partial charge in [0.05, 0.1) is 25.9 Å². The van der Waals surface area contributed by atoms with E-state index in [4.69, 9.17) is 18.9 Å². The molecule has 1 heterocycles. The minimum atomic E-state index is -1.10. The smallest absolute Gasteiger partial charge is 0.336 e. The highest BCUT2D eigenvalue weighted by Gasteiger charge is 2.49. The molecule has 3 atom stereocenters. The first-order valence-corrected chi connectivity index (χ1v) is 14.4. The van der Waals surface area contributed by atoms with E-state index in [1.807, 2.05) is 78.9 Å². The van der Waals surface area contributed by atoms with E-state index in [-0.39, 0.29) is 19.0 Å². The number of hydrogen-bond acceptors (Lipinski definition) is 8. The molecule has 0 fully saturated rings. The van der Waals surface area contributed by atoms with Gasteiger partial charge in [-0.2, -0.15) is 0 Å². The molecule has 222 valence electrons. The maximum absolute atomic E-state index is 14.5. The van der Waals surface area contributed by atoms with Gasteiger partial charge in [0.1, 0.15) is 23.2 Å². The van der Waals surface area contributed by atoms with Gasteiger partial charge in [0.15, 0.2) is 5.78 Å². The Morgan fingerprint density at radius 2 is 1.53 bits per heavy atom. The van der Waals surface area contributed by atoms with Gasteiger partial charge in [0, 0.05) is 28.8 Å². The van der Waals surface area contributed by atoms with Gasteiger partial charge in [-0.15, -0.1) is 0 Å². The molecule has 8 heteroatoms. The molecule has 0 saturated heterocycles. The SMILES string of the molecule is CCOC(=O)C1=C(C)NC2=C(C(=O)[C@H](C(=O)OCC)[C@H](c3ccc(OC)cc3)C2)[C@H]1c1cccc(Oc2ccccc2)c1. The summed E-state index contributed by atoms with van der Waals surface area (Å²) in [5.41, 5.74) is 3.41. The first-order chi connectivity index (χ1) is 20.9. The first kappa shape index (κ1) is 29.6. The Morgan fingerprint density at radius 1 is 0.837 bits per heavy atom. The van der Waals surface area contributed by atoms with E-state index >= 15 is 0 Å². The number of carbonyl (C=O) groups excluding carboxylic acids is 3. The molecule has 0 spiro atoms. The van der Waals surface area contributed by atoms with Gasteiger partial charge in [-0.1, -0.05) is 42.5 Å². The number of rotatable bonds is 9. The summed E-state index contributed by atoms with van der Waals surface area (Å²) < 4.78 is 22.3. The van der Waals surface area contributed by atoms with E-state index in [2.05, 4.69) is 5.32 Å². The predicted octanol–water partition coefficient (Wildman–Crippen LogP) is 6.20. The van der Waals surface area contributed by atoms with Crippen molar-refractivity contribution < 1.29 is 33.3 Å². The van der Waals surface area contributed by atoms with Crippen molar-refractivity contribution in [2.24, 2.45) is 5.92 Å². The van der Waals surface area contributed by atoms with Crippen molar-refractivity contribution in [2.75, 3.05) is 20.3 Å². The molecular weight excluding hydrogens is 546 g/mol. The summed E-state index contributed by atoms with van der Waals surface area (Å²) >= 11 is 0. The summed E-state index contributed by atoms with van der Waals surface area (Å²) in [5, 5.41) is 3.34. The Hall–Kier alpha value is -4.85. The van der Waals surface area contributed by atoms with Gasteiger partial charge in [-0.3, -0.25) is 9.59 Å². The molecule has 0 unspecified atom stereocenters. The van der Waals surface area contributed by atoms with Crippen LogP contribution in [0.2, 0.25) is 0 Å². The number of ether oxygens (including phenoxy) is 4. The van der Waals surface area contributed by atoms with E-state index in [9.17, 15) is 14.4 Å². The highest BCUT2D eigenvalue weighted by Crippen LogP contribution is 2.48. The van der Waals surface area contributed by atoms with Crippen molar-refractivity contribution in [3.05, 3.63) is 113 Å². The van der Waals surface area contributed by atoms with Crippen LogP contribution in [0.4, 0.5) is 0 Å². The zero-order valence-corrected chi connectivity index (χ0v) is 24.7. The van der Waals surface area contributed by atoms with Crippen LogP contribution in [-0.2, 0) is 23.9 Å². The van der Waals surface area contributed by atoms with Gasteiger partial charge < -0.3 is 24.3 Å². The average molecular weight is 582 g/mol. The second kappa shape index (κ2) is 13.0. The maximum atomic E-state index is 14.5. The number of Topliss-reactive ketones (excluding diaryl/α,β-unsaturated/α-hetero) is 1. The van der Waals surface area contributed by atoms with Crippen molar-refractivity contribution >= 4 is 17.7 Å². The molecule has 1 N–H and O–H groups in total. The molecule has 1 aliphatic carbocycles. The summed E-state index contributed by atoms with van der Waals surface area (Å²) in [7, 11) is 1.58. The average Bonchev–Trinajstić information content (AvgIpc) is 3.01. The number of para-hydroxylation sites is 1.